The minimum Gasteiger partial charge on any atom is -0.480 e. The number of carboxylic acid groups (broad SMARTS) is 1. The number of rotatable bonds is 11. The first kappa shape index (κ1) is 41.4. The SMILES string of the molecule is CCOP1(=O)CCN(Cc2cccnc2-c2ccc(Cl)cc2)C(C(C)(C)C)C1(CCCCN(C(=O)OC(C)(C)C)C(=O)OC(C)(C)C)C(=O)O. The van der Waals surface area contributed by atoms with E-state index in [9.17, 15) is 24.1 Å². The van der Waals surface area contributed by atoms with Gasteiger partial charge in [0.1, 0.15) is 11.2 Å². The van der Waals surface area contributed by atoms with E-state index in [1.54, 1.807) is 66.8 Å². The van der Waals surface area contributed by atoms with Crippen molar-refractivity contribution in [3.05, 3.63) is 53.2 Å². The highest BCUT2D eigenvalue weighted by molar-refractivity contribution is 7.62. The Labute approximate surface area is 302 Å². The highest BCUT2D eigenvalue weighted by Gasteiger charge is 2.66. The number of halogens is 1. The molecule has 278 valence electrons. The third kappa shape index (κ3) is 10.1. The van der Waals surface area contributed by atoms with Crippen molar-refractivity contribution in [2.45, 2.75) is 117 Å². The first-order valence-corrected chi connectivity index (χ1v) is 19.4. The van der Waals surface area contributed by atoms with E-state index in [4.69, 9.17) is 25.6 Å². The lowest BCUT2D eigenvalue weighted by Crippen LogP contribution is -2.66. The number of hydrogen-bond acceptors (Lipinski definition) is 9. The molecule has 1 aromatic carbocycles. The summed E-state index contributed by atoms with van der Waals surface area (Å²) >= 11 is 6.16. The first-order chi connectivity index (χ1) is 23.0. The number of aromatic nitrogens is 1. The van der Waals surface area contributed by atoms with Crippen molar-refractivity contribution in [2.24, 2.45) is 5.41 Å². The van der Waals surface area contributed by atoms with Gasteiger partial charge >= 0.3 is 18.2 Å². The van der Waals surface area contributed by atoms with Crippen molar-refractivity contribution in [1.29, 1.82) is 0 Å². The maximum Gasteiger partial charge on any atom is 0.419 e. The van der Waals surface area contributed by atoms with Crippen LogP contribution < -0.4 is 0 Å². The quantitative estimate of drug-likeness (QED) is 0.176. The van der Waals surface area contributed by atoms with Crippen molar-refractivity contribution < 1.29 is 38.1 Å². The van der Waals surface area contributed by atoms with E-state index < -0.39 is 53.3 Å². The number of pyridine rings is 1. The highest BCUT2D eigenvalue weighted by Crippen LogP contribution is 2.67. The molecule has 3 atom stereocenters. The first-order valence-electron chi connectivity index (χ1n) is 17.2. The fourth-order valence-corrected chi connectivity index (χ4v) is 10.3. The Hall–Kier alpha value is -2.98. The predicted octanol–water partition coefficient (Wildman–Crippen LogP) is 9.11. The molecule has 13 heteroatoms. The molecule has 11 nitrogen and oxygen atoms in total. The average molecular weight is 736 g/mol. The summed E-state index contributed by atoms with van der Waals surface area (Å²) in [4.78, 5) is 47.6. The molecule has 1 saturated heterocycles. The standard InChI is InChI=1S/C37H55ClN3O8P/c1-11-47-50(46)24-23-40(25-27-15-14-21-39-29(27)26-16-18-28(38)19-17-26)30(34(2,3)4)37(50,31(42)43)20-12-13-22-41(32(44)48-35(5,6)7)33(45)49-36(8,9)10/h14-19,21,30H,11-13,20,22-25H2,1-10H3,(H,42,43). The minimum atomic E-state index is -3.81. The van der Waals surface area contributed by atoms with Gasteiger partial charge in [0.2, 0.25) is 7.37 Å². The Bertz CT molecular complexity index is 1520. The summed E-state index contributed by atoms with van der Waals surface area (Å²) < 4.78 is 31.9. The van der Waals surface area contributed by atoms with Crippen LogP contribution in [-0.2, 0) is 29.9 Å². The Kier molecular flexibility index (Phi) is 13.4. The van der Waals surface area contributed by atoms with Crippen molar-refractivity contribution >= 4 is 37.1 Å². The van der Waals surface area contributed by atoms with Crippen molar-refractivity contribution in [1.82, 2.24) is 14.8 Å². The Morgan fingerprint density at radius 3 is 2.06 bits per heavy atom. The number of ether oxygens (including phenoxy) is 2. The van der Waals surface area contributed by atoms with E-state index in [0.717, 1.165) is 21.7 Å². The fourth-order valence-electron chi connectivity index (χ4n) is 6.78. The molecule has 0 spiro atoms. The second kappa shape index (κ2) is 16.1. The smallest absolute Gasteiger partial charge is 0.419 e. The van der Waals surface area contributed by atoms with E-state index in [0.29, 0.717) is 18.1 Å². The number of imide groups is 1. The second-order valence-electron chi connectivity index (χ2n) is 15.9. The number of amides is 2. The van der Waals surface area contributed by atoms with E-state index in [1.165, 1.54) is 0 Å². The zero-order valence-corrected chi connectivity index (χ0v) is 32.9. The molecule has 50 heavy (non-hydrogen) atoms. The summed E-state index contributed by atoms with van der Waals surface area (Å²) in [5, 5.41) is 10.0. The normalized spacial score (nSPS) is 21.8. The van der Waals surface area contributed by atoms with Crippen LogP contribution in [0.15, 0.2) is 42.6 Å². The number of nitrogens with zero attached hydrogens (tertiary/aromatic N) is 3. The van der Waals surface area contributed by atoms with Gasteiger partial charge in [-0.2, -0.15) is 0 Å². The molecule has 1 aromatic heterocycles. The summed E-state index contributed by atoms with van der Waals surface area (Å²) in [6.45, 7) is 18.5. The van der Waals surface area contributed by atoms with Crippen LogP contribution in [0.25, 0.3) is 11.3 Å². The van der Waals surface area contributed by atoms with Gasteiger partial charge in [0, 0.05) is 48.6 Å². The number of hydrogen-bond donors (Lipinski definition) is 1. The van der Waals surface area contributed by atoms with Crippen LogP contribution >= 0.6 is 19.0 Å². The zero-order chi connectivity index (χ0) is 37.7. The monoisotopic (exact) mass is 735 g/mol. The fraction of sp³-hybridized carbons (Fsp3) is 0.622. The molecule has 2 aromatic rings. The van der Waals surface area contributed by atoms with Gasteiger partial charge in [0.15, 0.2) is 5.16 Å². The molecule has 1 N–H and O–H groups in total. The molecule has 3 unspecified atom stereocenters. The Balaban J connectivity index is 2.01. The molecule has 1 aliphatic heterocycles. The van der Waals surface area contributed by atoms with Crippen molar-refractivity contribution in [3.63, 3.8) is 0 Å². The van der Waals surface area contributed by atoms with Crippen molar-refractivity contribution in [3.8, 4) is 11.3 Å². The summed E-state index contributed by atoms with van der Waals surface area (Å²) in [5.74, 6) is -1.20. The van der Waals surface area contributed by atoms with Crippen LogP contribution in [-0.4, -0.2) is 86.3 Å². The molecule has 0 radical (unpaired) electrons. The van der Waals surface area contributed by atoms with Crippen LogP contribution in [0.5, 0.6) is 0 Å². The molecule has 0 saturated carbocycles. The van der Waals surface area contributed by atoms with E-state index in [2.05, 4.69) is 9.88 Å². The van der Waals surface area contributed by atoms with Gasteiger partial charge < -0.3 is 19.1 Å². The molecule has 3 rings (SSSR count). The predicted molar refractivity (Wildman–Crippen MR) is 196 cm³/mol. The average Bonchev–Trinajstić information content (AvgIpc) is 2.96. The lowest BCUT2D eigenvalue weighted by molar-refractivity contribution is -0.146. The summed E-state index contributed by atoms with van der Waals surface area (Å²) in [7, 11) is -3.81. The number of carbonyl (C=O) groups excluding carboxylic acids is 2. The van der Waals surface area contributed by atoms with Gasteiger partial charge in [0.25, 0.3) is 0 Å². The molecule has 0 aliphatic carbocycles. The lowest BCUT2D eigenvalue weighted by Gasteiger charge is -2.55. The van der Waals surface area contributed by atoms with E-state index >= 15 is 0 Å². The van der Waals surface area contributed by atoms with Crippen LogP contribution in [0.1, 0.15) is 94.1 Å². The molecule has 2 heterocycles. The van der Waals surface area contributed by atoms with E-state index in [-0.39, 0.29) is 38.6 Å². The molecule has 1 aliphatic rings. The number of carboxylic acids is 1. The van der Waals surface area contributed by atoms with Crippen LogP contribution in [0.3, 0.4) is 0 Å². The summed E-state index contributed by atoms with van der Waals surface area (Å²) in [6, 6.07) is 10.5. The van der Waals surface area contributed by atoms with Crippen molar-refractivity contribution in [2.75, 3.05) is 25.9 Å². The van der Waals surface area contributed by atoms with Gasteiger partial charge in [0.05, 0.1) is 12.3 Å². The van der Waals surface area contributed by atoms with Crippen LogP contribution in [0.2, 0.25) is 5.02 Å². The van der Waals surface area contributed by atoms with Crippen LogP contribution in [0, 0.1) is 5.41 Å². The Morgan fingerprint density at radius 2 is 1.56 bits per heavy atom. The summed E-state index contributed by atoms with van der Waals surface area (Å²) in [5.41, 5.74) is 0.137. The number of carbonyl (C=O) groups is 3. The molecule has 0 bridgehead atoms. The van der Waals surface area contributed by atoms with Crippen LogP contribution in [0.4, 0.5) is 9.59 Å². The number of aliphatic carboxylic acids is 1. The minimum absolute atomic E-state index is 0.00833. The number of benzene rings is 1. The highest BCUT2D eigenvalue weighted by atomic mass is 35.5. The Morgan fingerprint density at radius 1 is 0.980 bits per heavy atom. The lowest BCUT2D eigenvalue weighted by atomic mass is 9.74. The van der Waals surface area contributed by atoms with Gasteiger partial charge in [-0.25, -0.2) is 14.5 Å². The van der Waals surface area contributed by atoms with E-state index in [1.807, 2.05) is 45.0 Å². The zero-order valence-electron chi connectivity index (χ0n) is 31.2. The largest absolute Gasteiger partial charge is 0.480 e. The summed E-state index contributed by atoms with van der Waals surface area (Å²) in [6.07, 6.45) is 0.500. The topological polar surface area (TPSA) is 136 Å². The molecular weight excluding hydrogens is 681 g/mol. The van der Waals surface area contributed by atoms with Gasteiger partial charge in [-0.1, -0.05) is 50.6 Å². The van der Waals surface area contributed by atoms with Gasteiger partial charge in [-0.05, 0) is 96.9 Å². The van der Waals surface area contributed by atoms with Gasteiger partial charge in [-0.3, -0.25) is 19.2 Å². The second-order valence-corrected chi connectivity index (χ2v) is 19.2. The third-order valence-electron chi connectivity index (χ3n) is 8.44. The molecule has 1 fully saturated rings. The van der Waals surface area contributed by atoms with Gasteiger partial charge in [-0.15, -0.1) is 0 Å². The third-order valence-corrected chi connectivity index (χ3v) is 12.0. The molecule has 2 amide bonds. The molecular formula is C37H55ClN3O8P. The number of unbranched alkanes of at least 4 members (excludes halogenated alkanes) is 1. The maximum absolute atomic E-state index is 14.9. The maximum atomic E-state index is 14.9.